The molecule has 4 aromatic carbocycles. The SMILES string of the molecule is CC(=O)c1ccc(C(=O)Nc2ccc(C(C)(C)C)cc2)cc1.CC(C)(C)c1ccc(NC(=O)c2ccc(C3(C)OCCCO3)cc2)cc1.OCCCO. The van der Waals surface area contributed by atoms with Gasteiger partial charge in [-0.25, -0.2) is 0 Å². The largest absolute Gasteiger partial charge is 0.396 e. The van der Waals surface area contributed by atoms with Gasteiger partial charge in [-0.1, -0.05) is 90.1 Å². The van der Waals surface area contributed by atoms with Crippen LogP contribution in [0, 0.1) is 0 Å². The smallest absolute Gasteiger partial charge is 0.255 e. The molecule has 284 valence electrons. The van der Waals surface area contributed by atoms with Crippen LogP contribution in [0.25, 0.3) is 0 Å². The van der Waals surface area contributed by atoms with Crippen molar-refractivity contribution in [2.24, 2.45) is 0 Å². The van der Waals surface area contributed by atoms with E-state index in [1.165, 1.54) is 18.1 Å². The number of nitrogens with one attached hydrogen (secondary N) is 2. The highest BCUT2D eigenvalue weighted by Crippen LogP contribution is 2.30. The van der Waals surface area contributed by atoms with Crippen LogP contribution >= 0.6 is 0 Å². The van der Waals surface area contributed by atoms with E-state index in [1.807, 2.05) is 55.5 Å². The van der Waals surface area contributed by atoms with Crippen LogP contribution in [0.2, 0.25) is 0 Å². The molecule has 53 heavy (non-hydrogen) atoms. The fraction of sp³-hybridized carbons (Fsp3) is 0.386. The summed E-state index contributed by atoms with van der Waals surface area (Å²) in [5.41, 5.74) is 6.85. The van der Waals surface area contributed by atoms with E-state index in [0.717, 1.165) is 23.4 Å². The standard InChI is InChI=1S/C22H27NO3.C19H21NO2.C3H8O2/c1-21(2,3)17-10-12-19(13-11-17)23-20(24)16-6-8-18(9-7-16)22(4)25-14-5-15-26-22;1-13(21)14-5-7-15(8-6-14)18(22)20-17-11-9-16(10-12-17)19(2,3)4;4-2-1-3-5/h6-13H,5,14-15H2,1-4H3,(H,23,24);5-12H,1-4H3,(H,20,22);4-5H,1-3H2. The number of aliphatic hydroxyl groups excluding tert-OH is 2. The van der Waals surface area contributed by atoms with Crippen molar-refractivity contribution in [1.82, 2.24) is 0 Å². The Morgan fingerprint density at radius 2 is 0.962 bits per heavy atom. The second-order valence-electron chi connectivity index (χ2n) is 15.1. The summed E-state index contributed by atoms with van der Waals surface area (Å²) < 4.78 is 11.5. The van der Waals surface area contributed by atoms with Gasteiger partial charge < -0.3 is 30.3 Å². The maximum atomic E-state index is 12.5. The average molecular weight is 725 g/mol. The molecule has 1 saturated heterocycles. The third-order valence-corrected chi connectivity index (χ3v) is 8.60. The van der Waals surface area contributed by atoms with Crippen LogP contribution in [0.3, 0.4) is 0 Å². The molecule has 1 aliphatic rings. The lowest BCUT2D eigenvalue weighted by molar-refractivity contribution is -0.264. The molecule has 0 aliphatic carbocycles. The molecule has 4 N–H and O–H groups in total. The first kappa shape index (κ1) is 42.7. The van der Waals surface area contributed by atoms with Crippen molar-refractivity contribution in [2.45, 2.75) is 84.8 Å². The highest BCUT2D eigenvalue weighted by Gasteiger charge is 2.31. The molecule has 0 radical (unpaired) electrons. The number of anilines is 2. The van der Waals surface area contributed by atoms with Crippen LogP contribution in [0.4, 0.5) is 11.4 Å². The van der Waals surface area contributed by atoms with Crippen molar-refractivity contribution in [3.8, 4) is 0 Å². The first-order chi connectivity index (χ1) is 25.0. The van der Waals surface area contributed by atoms with E-state index in [0.29, 0.717) is 36.3 Å². The number of ether oxygens (including phenoxy) is 2. The van der Waals surface area contributed by atoms with Crippen LogP contribution in [0.1, 0.15) is 116 Å². The number of carbonyl (C=O) groups is 3. The summed E-state index contributed by atoms with van der Waals surface area (Å²) >= 11 is 0. The molecule has 5 rings (SSSR count). The van der Waals surface area contributed by atoms with E-state index in [1.54, 1.807) is 36.4 Å². The molecule has 0 bridgehead atoms. The maximum absolute atomic E-state index is 12.5. The number of Topliss-reactive ketones (excluding diaryl/α,β-unsaturated/α-hetero) is 1. The minimum Gasteiger partial charge on any atom is -0.396 e. The van der Waals surface area contributed by atoms with Gasteiger partial charge >= 0.3 is 0 Å². The van der Waals surface area contributed by atoms with E-state index >= 15 is 0 Å². The molecule has 0 unspecified atom stereocenters. The summed E-state index contributed by atoms with van der Waals surface area (Å²) in [5, 5.41) is 21.6. The Morgan fingerprint density at radius 1 is 0.604 bits per heavy atom. The number of aliphatic hydroxyl groups is 2. The number of carbonyl (C=O) groups excluding carboxylic acids is 3. The van der Waals surface area contributed by atoms with Crippen LogP contribution in [0.15, 0.2) is 97.1 Å². The Bertz CT molecular complexity index is 1740. The van der Waals surface area contributed by atoms with Crippen molar-refractivity contribution in [3.63, 3.8) is 0 Å². The normalized spacial score (nSPS) is 13.7. The second-order valence-corrected chi connectivity index (χ2v) is 15.1. The highest BCUT2D eigenvalue weighted by atomic mass is 16.7. The molecular formula is C44H56N2O7. The molecule has 1 aliphatic heterocycles. The zero-order valence-corrected chi connectivity index (χ0v) is 32.4. The van der Waals surface area contributed by atoms with E-state index in [9.17, 15) is 14.4 Å². The summed E-state index contributed by atoms with van der Waals surface area (Å²) in [7, 11) is 0. The zero-order chi connectivity index (χ0) is 39.2. The van der Waals surface area contributed by atoms with Crippen LogP contribution < -0.4 is 10.6 Å². The molecule has 9 nitrogen and oxygen atoms in total. The molecule has 1 fully saturated rings. The van der Waals surface area contributed by atoms with Gasteiger partial charge in [0, 0.05) is 46.8 Å². The average Bonchev–Trinajstić information content (AvgIpc) is 3.12. The molecule has 0 aromatic heterocycles. The Hall–Kier alpha value is -4.67. The summed E-state index contributed by atoms with van der Waals surface area (Å²) in [6.07, 6.45) is 1.41. The number of hydrogen-bond donors (Lipinski definition) is 4. The van der Waals surface area contributed by atoms with Gasteiger partial charge in [0.25, 0.3) is 11.8 Å². The third kappa shape index (κ3) is 13.4. The lowest BCUT2D eigenvalue weighted by Gasteiger charge is -2.34. The zero-order valence-electron chi connectivity index (χ0n) is 32.4. The molecule has 4 aromatic rings. The molecule has 9 heteroatoms. The Balaban J connectivity index is 0.000000256. The predicted octanol–water partition coefficient (Wildman–Crippen LogP) is 8.65. The van der Waals surface area contributed by atoms with Gasteiger partial charge in [-0.3, -0.25) is 14.4 Å². The van der Waals surface area contributed by atoms with E-state index < -0.39 is 5.79 Å². The molecule has 0 atom stereocenters. The summed E-state index contributed by atoms with van der Waals surface area (Å²) in [4.78, 5) is 35.9. The van der Waals surface area contributed by atoms with Gasteiger partial charge in [0.05, 0.1) is 13.2 Å². The first-order valence-corrected chi connectivity index (χ1v) is 18.0. The van der Waals surface area contributed by atoms with Gasteiger partial charge in [0.1, 0.15) is 0 Å². The molecular weight excluding hydrogens is 668 g/mol. The van der Waals surface area contributed by atoms with E-state index in [-0.39, 0.29) is 41.6 Å². The predicted molar refractivity (Wildman–Crippen MR) is 212 cm³/mol. The monoisotopic (exact) mass is 724 g/mol. The van der Waals surface area contributed by atoms with Crippen LogP contribution in [-0.2, 0) is 26.1 Å². The second kappa shape index (κ2) is 19.4. The number of hydrogen-bond acceptors (Lipinski definition) is 7. The van der Waals surface area contributed by atoms with Gasteiger partial charge in [0.2, 0.25) is 0 Å². The first-order valence-electron chi connectivity index (χ1n) is 18.0. The van der Waals surface area contributed by atoms with E-state index in [2.05, 4.69) is 64.3 Å². The highest BCUT2D eigenvalue weighted by molar-refractivity contribution is 6.05. The van der Waals surface area contributed by atoms with Gasteiger partial charge in [-0.2, -0.15) is 0 Å². The third-order valence-electron chi connectivity index (χ3n) is 8.60. The van der Waals surface area contributed by atoms with Crippen molar-refractivity contribution in [1.29, 1.82) is 0 Å². The number of amides is 2. The number of ketones is 1. The fourth-order valence-corrected chi connectivity index (χ4v) is 5.17. The minimum absolute atomic E-state index is 0.00951. The maximum Gasteiger partial charge on any atom is 0.255 e. The number of benzene rings is 4. The lowest BCUT2D eigenvalue weighted by Crippen LogP contribution is -2.34. The van der Waals surface area contributed by atoms with E-state index in [4.69, 9.17) is 19.7 Å². The Labute approximate surface area is 314 Å². The molecule has 1 heterocycles. The quantitative estimate of drug-likeness (QED) is 0.134. The van der Waals surface area contributed by atoms with Gasteiger partial charge in [0.15, 0.2) is 11.6 Å². The number of rotatable bonds is 8. The summed E-state index contributed by atoms with van der Waals surface area (Å²) in [5.74, 6) is -1.05. The molecule has 2 amide bonds. The van der Waals surface area contributed by atoms with Crippen molar-refractivity contribution < 1.29 is 34.1 Å². The van der Waals surface area contributed by atoms with Crippen LogP contribution in [-0.4, -0.2) is 54.2 Å². The van der Waals surface area contributed by atoms with Crippen LogP contribution in [0.5, 0.6) is 0 Å². The molecule has 0 spiro atoms. The van der Waals surface area contributed by atoms with Crippen molar-refractivity contribution in [2.75, 3.05) is 37.1 Å². The fourth-order valence-electron chi connectivity index (χ4n) is 5.17. The summed E-state index contributed by atoms with van der Waals surface area (Å²) in [6.45, 7) is 17.9. The summed E-state index contributed by atoms with van der Waals surface area (Å²) in [6, 6.07) is 29.9. The van der Waals surface area contributed by atoms with Crippen molar-refractivity contribution in [3.05, 3.63) is 130 Å². The topological polar surface area (TPSA) is 134 Å². The Morgan fingerprint density at radius 3 is 1.28 bits per heavy atom. The van der Waals surface area contributed by atoms with Gasteiger partial charge in [-0.15, -0.1) is 0 Å². The minimum atomic E-state index is -0.726. The Kier molecular flexibility index (Phi) is 15.7. The van der Waals surface area contributed by atoms with Crippen molar-refractivity contribution >= 4 is 29.0 Å². The molecule has 0 saturated carbocycles. The lowest BCUT2D eigenvalue weighted by atomic mass is 9.87. The van der Waals surface area contributed by atoms with Gasteiger partial charge in [-0.05, 0) is 97.2 Å².